The van der Waals surface area contributed by atoms with Gasteiger partial charge < -0.3 is 30.6 Å². The molecule has 4 atom stereocenters. The molecule has 4 aromatic rings. The molecule has 0 aromatic heterocycles. The zero-order valence-electron chi connectivity index (χ0n) is 28.7. The first-order valence-electron chi connectivity index (χ1n) is 17.0. The minimum atomic E-state index is -4.64. The van der Waals surface area contributed by atoms with Gasteiger partial charge in [0.2, 0.25) is 0 Å². The van der Waals surface area contributed by atoms with E-state index in [0.717, 1.165) is 11.1 Å². The van der Waals surface area contributed by atoms with Crippen LogP contribution in [-0.4, -0.2) is 87.6 Å². The Kier molecular flexibility index (Phi) is 12.6. The second-order valence-electron chi connectivity index (χ2n) is 13.0. The first-order chi connectivity index (χ1) is 25.6. The van der Waals surface area contributed by atoms with Gasteiger partial charge in [-0.2, -0.15) is 26.3 Å². The second kappa shape index (κ2) is 17.2. The van der Waals surface area contributed by atoms with Crippen LogP contribution < -0.4 is 10.6 Å². The Bertz CT molecular complexity index is 1760. The van der Waals surface area contributed by atoms with Crippen molar-refractivity contribution in [2.24, 2.45) is 0 Å². The lowest BCUT2D eigenvalue weighted by atomic mass is 9.90. The molecule has 1 fully saturated rings. The fourth-order valence-electron chi connectivity index (χ4n) is 6.40. The summed E-state index contributed by atoms with van der Waals surface area (Å²) in [5.41, 5.74) is 1.92. The highest BCUT2D eigenvalue weighted by Gasteiger charge is 2.46. The summed E-state index contributed by atoms with van der Waals surface area (Å²) in [4.78, 5) is 42.9. The summed E-state index contributed by atoms with van der Waals surface area (Å²) >= 11 is 0. The van der Waals surface area contributed by atoms with Crippen molar-refractivity contribution >= 4 is 17.8 Å². The standard InChI is InChI=1S/C39H38F6N4O5/c40-38(41,42)23-46-35(52)29-15-7-13-27(17-29)21-48-31(19-25-9-3-1-4-10-25)33(50)34(51)32(20-26-11-5-2-6-12-26)49(37(48)54)22-28-14-8-16-30(18-28)36(53)47-24-39(43,44)45/h1-18,31-34,50-51H,19-24H2,(H,46,52)(H,47,53)/t31-,32-,33+,34+/m1/s1. The topological polar surface area (TPSA) is 122 Å². The van der Waals surface area contributed by atoms with Gasteiger partial charge in [0.1, 0.15) is 25.3 Å². The quantitative estimate of drug-likeness (QED) is 0.139. The molecule has 1 saturated heterocycles. The van der Waals surface area contributed by atoms with Gasteiger partial charge in [-0.15, -0.1) is 0 Å². The molecule has 0 unspecified atom stereocenters. The molecule has 0 aliphatic carbocycles. The van der Waals surface area contributed by atoms with Crippen molar-refractivity contribution in [2.45, 2.75) is 62.6 Å². The molecule has 4 aromatic carbocycles. The van der Waals surface area contributed by atoms with Gasteiger partial charge in [-0.3, -0.25) is 9.59 Å². The Morgan fingerprint density at radius 3 is 1.26 bits per heavy atom. The molecule has 0 saturated carbocycles. The van der Waals surface area contributed by atoms with Crippen molar-refractivity contribution in [3.8, 4) is 0 Å². The molecule has 1 aliphatic heterocycles. The van der Waals surface area contributed by atoms with Crippen molar-refractivity contribution in [2.75, 3.05) is 13.1 Å². The van der Waals surface area contributed by atoms with E-state index in [1.807, 2.05) is 10.6 Å². The third-order valence-corrected chi connectivity index (χ3v) is 8.99. The van der Waals surface area contributed by atoms with Crippen molar-refractivity contribution < 1.29 is 50.9 Å². The highest BCUT2D eigenvalue weighted by molar-refractivity contribution is 5.95. The van der Waals surface area contributed by atoms with E-state index in [2.05, 4.69) is 0 Å². The number of nitrogens with one attached hydrogen (secondary N) is 2. The third-order valence-electron chi connectivity index (χ3n) is 8.99. The van der Waals surface area contributed by atoms with E-state index in [0.29, 0.717) is 11.1 Å². The maximum absolute atomic E-state index is 14.9. The predicted molar refractivity (Wildman–Crippen MR) is 186 cm³/mol. The maximum Gasteiger partial charge on any atom is 0.405 e. The van der Waals surface area contributed by atoms with Crippen LogP contribution in [-0.2, 0) is 25.9 Å². The largest absolute Gasteiger partial charge is 0.405 e. The molecule has 286 valence electrons. The Labute approximate surface area is 307 Å². The highest BCUT2D eigenvalue weighted by atomic mass is 19.4. The van der Waals surface area contributed by atoms with Gasteiger partial charge in [-0.1, -0.05) is 84.9 Å². The van der Waals surface area contributed by atoms with Gasteiger partial charge in [-0.25, -0.2) is 4.79 Å². The van der Waals surface area contributed by atoms with Crippen LogP contribution in [0.4, 0.5) is 31.1 Å². The molecule has 4 N–H and O–H groups in total. The van der Waals surface area contributed by atoms with Gasteiger partial charge in [0.05, 0.1) is 12.1 Å². The van der Waals surface area contributed by atoms with Crippen molar-refractivity contribution in [3.63, 3.8) is 0 Å². The summed E-state index contributed by atoms with van der Waals surface area (Å²) in [6.45, 7) is -3.58. The number of hydrogen-bond donors (Lipinski definition) is 4. The maximum atomic E-state index is 14.9. The molecular weight excluding hydrogens is 718 g/mol. The van der Waals surface area contributed by atoms with Crippen LogP contribution in [0, 0.1) is 0 Å². The lowest BCUT2D eigenvalue weighted by Crippen LogP contribution is -2.50. The number of aliphatic hydroxyl groups is 2. The monoisotopic (exact) mass is 756 g/mol. The van der Waals surface area contributed by atoms with E-state index in [1.54, 1.807) is 72.8 Å². The predicted octanol–water partition coefficient (Wildman–Crippen LogP) is 5.65. The van der Waals surface area contributed by atoms with Crippen LogP contribution >= 0.6 is 0 Å². The van der Waals surface area contributed by atoms with Crippen LogP contribution in [0.25, 0.3) is 0 Å². The minimum absolute atomic E-state index is 0.0807. The molecule has 0 radical (unpaired) electrons. The third kappa shape index (κ3) is 10.8. The number of carbonyl (C=O) groups is 3. The Morgan fingerprint density at radius 2 is 0.907 bits per heavy atom. The van der Waals surface area contributed by atoms with Crippen molar-refractivity contribution in [3.05, 3.63) is 143 Å². The number of aliphatic hydroxyl groups excluding tert-OH is 2. The lowest BCUT2D eigenvalue weighted by Gasteiger charge is -2.36. The number of benzene rings is 4. The molecule has 0 bridgehead atoms. The lowest BCUT2D eigenvalue weighted by molar-refractivity contribution is -0.123. The van der Waals surface area contributed by atoms with Crippen LogP contribution in [0.1, 0.15) is 43.0 Å². The van der Waals surface area contributed by atoms with E-state index in [1.165, 1.54) is 46.2 Å². The van der Waals surface area contributed by atoms with E-state index in [4.69, 9.17) is 0 Å². The van der Waals surface area contributed by atoms with E-state index in [9.17, 15) is 50.9 Å². The minimum Gasteiger partial charge on any atom is -0.388 e. The average molecular weight is 757 g/mol. The van der Waals surface area contributed by atoms with Crippen LogP contribution in [0.5, 0.6) is 0 Å². The highest BCUT2D eigenvalue weighted by Crippen LogP contribution is 2.30. The number of halogens is 6. The van der Waals surface area contributed by atoms with Crippen LogP contribution in [0.2, 0.25) is 0 Å². The molecule has 0 spiro atoms. The Balaban J connectivity index is 1.55. The normalized spacial score (nSPS) is 19.3. The van der Waals surface area contributed by atoms with Crippen molar-refractivity contribution in [1.82, 2.24) is 20.4 Å². The molecule has 9 nitrogen and oxygen atoms in total. The molecule has 54 heavy (non-hydrogen) atoms. The van der Waals surface area contributed by atoms with Crippen LogP contribution in [0.15, 0.2) is 109 Å². The summed E-state index contributed by atoms with van der Waals surface area (Å²) in [5, 5.41) is 27.5. The summed E-state index contributed by atoms with van der Waals surface area (Å²) < 4.78 is 76.9. The molecular formula is C39H38F6N4O5. The molecule has 4 amide bonds. The summed E-state index contributed by atoms with van der Waals surface area (Å²) in [6.07, 6.45) is -12.2. The number of hydrogen-bond acceptors (Lipinski definition) is 5. The molecule has 1 aliphatic rings. The Hall–Kier alpha value is -5.41. The summed E-state index contributed by atoms with van der Waals surface area (Å²) in [5.74, 6) is -1.98. The zero-order chi connectivity index (χ0) is 39.0. The number of rotatable bonds is 12. The second-order valence-corrected chi connectivity index (χ2v) is 13.0. The van der Waals surface area contributed by atoms with Gasteiger partial charge >= 0.3 is 18.4 Å². The smallest absolute Gasteiger partial charge is 0.388 e. The number of urea groups is 1. The first-order valence-corrected chi connectivity index (χ1v) is 17.0. The van der Waals surface area contributed by atoms with Gasteiger partial charge in [0.15, 0.2) is 0 Å². The number of nitrogens with zero attached hydrogens (tertiary/aromatic N) is 2. The SMILES string of the molecule is O=C(NCC(F)(F)F)c1cccc(CN2C(=O)N(Cc3cccc(C(=O)NCC(F)(F)F)c3)[C@H](Cc3ccccc3)[C@H](O)[C@@H](O)[C@H]2Cc2ccccc2)c1. The fourth-order valence-corrected chi connectivity index (χ4v) is 6.40. The van der Waals surface area contributed by atoms with E-state index < -0.39 is 67.6 Å². The average Bonchev–Trinajstić information content (AvgIpc) is 3.20. The van der Waals surface area contributed by atoms with Gasteiger partial charge in [0, 0.05) is 24.2 Å². The Morgan fingerprint density at radius 1 is 0.556 bits per heavy atom. The number of amides is 4. The molecule has 1 heterocycles. The van der Waals surface area contributed by atoms with Gasteiger partial charge in [0.25, 0.3) is 11.8 Å². The number of alkyl halides is 6. The fraction of sp³-hybridized carbons (Fsp3) is 0.308. The van der Waals surface area contributed by atoms with E-state index in [-0.39, 0.29) is 37.1 Å². The zero-order valence-corrected chi connectivity index (χ0v) is 28.7. The molecule has 5 rings (SSSR count). The van der Waals surface area contributed by atoms with Gasteiger partial charge in [-0.05, 0) is 59.4 Å². The number of carbonyl (C=O) groups excluding carboxylic acids is 3. The molecule has 15 heteroatoms. The first kappa shape index (κ1) is 39.8. The van der Waals surface area contributed by atoms with Crippen molar-refractivity contribution in [1.29, 1.82) is 0 Å². The van der Waals surface area contributed by atoms with Crippen LogP contribution in [0.3, 0.4) is 0 Å². The summed E-state index contributed by atoms with van der Waals surface area (Å²) in [6, 6.07) is 26.4. The van der Waals surface area contributed by atoms with E-state index >= 15 is 0 Å². The summed E-state index contributed by atoms with van der Waals surface area (Å²) in [7, 11) is 0.